The van der Waals surface area contributed by atoms with E-state index in [4.69, 9.17) is 0 Å². The van der Waals surface area contributed by atoms with Gasteiger partial charge in [-0.05, 0) is 44.2 Å². The maximum atomic E-state index is 12.2. The number of ketones is 1. The molecule has 2 rings (SSSR count). The predicted octanol–water partition coefficient (Wildman–Crippen LogP) is 0.576. The molecule has 0 saturated carbocycles. The molecular weight excluding hydrogens is 244 g/mol. The molecule has 1 amide bonds. The fraction of sp³-hybridized carbons (Fsp3) is 0.429. The Morgan fingerprint density at radius 2 is 2.11 bits per heavy atom. The molecule has 1 saturated heterocycles. The normalized spacial score (nSPS) is 20.2. The molecule has 1 aromatic carbocycles. The Kier molecular flexibility index (Phi) is 4.29. The number of Topliss-reactive ketones (excluding diaryl/α,β-unsaturated/α-hetero) is 1. The van der Waals surface area contributed by atoms with E-state index >= 15 is 0 Å². The molecule has 102 valence electrons. The van der Waals surface area contributed by atoms with Crippen LogP contribution in [0, 0.1) is 0 Å². The first-order valence-corrected chi connectivity index (χ1v) is 6.40. The van der Waals surface area contributed by atoms with Crippen molar-refractivity contribution < 1.29 is 14.7 Å². The van der Waals surface area contributed by atoms with E-state index in [2.05, 4.69) is 5.32 Å². The van der Waals surface area contributed by atoms with Crippen molar-refractivity contribution >= 4 is 17.4 Å². The van der Waals surface area contributed by atoms with Crippen LogP contribution in [0.25, 0.3) is 0 Å². The van der Waals surface area contributed by atoms with Gasteiger partial charge in [-0.3, -0.25) is 9.59 Å². The molecule has 1 aromatic rings. The van der Waals surface area contributed by atoms with Crippen LogP contribution in [0.15, 0.2) is 24.3 Å². The van der Waals surface area contributed by atoms with E-state index in [1.54, 1.807) is 29.2 Å². The number of rotatable bonds is 3. The first kappa shape index (κ1) is 13.7. The average molecular weight is 262 g/mol. The minimum atomic E-state index is -0.546. The second kappa shape index (κ2) is 5.95. The Morgan fingerprint density at radius 3 is 2.68 bits per heavy atom. The van der Waals surface area contributed by atoms with Gasteiger partial charge in [-0.2, -0.15) is 0 Å². The molecule has 1 unspecified atom stereocenters. The van der Waals surface area contributed by atoms with Crippen molar-refractivity contribution in [1.29, 1.82) is 0 Å². The second-order valence-electron chi connectivity index (χ2n) is 4.64. The summed E-state index contributed by atoms with van der Waals surface area (Å²) in [4.78, 5) is 25.1. The largest absolute Gasteiger partial charge is 0.394 e. The number of carbonyl (C=O) groups is 2. The van der Waals surface area contributed by atoms with Crippen molar-refractivity contribution in [2.24, 2.45) is 0 Å². The molecular formula is C14H18N2O3. The van der Waals surface area contributed by atoms with Crippen LogP contribution in [-0.2, 0) is 4.79 Å². The third-order valence-corrected chi connectivity index (χ3v) is 3.28. The predicted molar refractivity (Wildman–Crippen MR) is 72.3 cm³/mol. The van der Waals surface area contributed by atoms with Crippen molar-refractivity contribution in [2.75, 3.05) is 24.6 Å². The number of hydrogen-bond acceptors (Lipinski definition) is 4. The van der Waals surface area contributed by atoms with Gasteiger partial charge in [0.25, 0.3) is 0 Å². The van der Waals surface area contributed by atoms with Gasteiger partial charge in [0, 0.05) is 17.8 Å². The van der Waals surface area contributed by atoms with Crippen LogP contribution in [0.2, 0.25) is 0 Å². The van der Waals surface area contributed by atoms with Crippen LogP contribution >= 0.6 is 0 Å². The van der Waals surface area contributed by atoms with Gasteiger partial charge in [0.05, 0.1) is 6.61 Å². The lowest BCUT2D eigenvalue weighted by atomic mass is 10.1. The molecule has 1 fully saturated rings. The number of hydrogen-bond donors (Lipinski definition) is 2. The van der Waals surface area contributed by atoms with Gasteiger partial charge in [-0.1, -0.05) is 0 Å². The third-order valence-electron chi connectivity index (χ3n) is 3.28. The van der Waals surface area contributed by atoms with E-state index in [9.17, 15) is 14.7 Å². The lowest BCUT2D eigenvalue weighted by Gasteiger charge is -2.23. The molecule has 0 aliphatic carbocycles. The van der Waals surface area contributed by atoms with Crippen LogP contribution in [-0.4, -0.2) is 42.5 Å². The van der Waals surface area contributed by atoms with E-state index < -0.39 is 6.04 Å². The van der Waals surface area contributed by atoms with Gasteiger partial charge < -0.3 is 15.3 Å². The quantitative estimate of drug-likeness (QED) is 0.782. The van der Waals surface area contributed by atoms with Gasteiger partial charge in [-0.25, -0.2) is 0 Å². The number of anilines is 1. The first-order chi connectivity index (χ1) is 9.13. The van der Waals surface area contributed by atoms with Crippen molar-refractivity contribution in [3.05, 3.63) is 29.8 Å². The van der Waals surface area contributed by atoms with Crippen molar-refractivity contribution in [1.82, 2.24) is 5.32 Å². The lowest BCUT2D eigenvalue weighted by Crippen LogP contribution is -2.45. The first-order valence-electron chi connectivity index (χ1n) is 6.40. The molecule has 1 aliphatic rings. The Bertz CT molecular complexity index is 470. The van der Waals surface area contributed by atoms with Gasteiger partial charge in [-0.15, -0.1) is 0 Å². The van der Waals surface area contributed by atoms with E-state index in [1.807, 2.05) is 0 Å². The van der Waals surface area contributed by atoms with Crippen LogP contribution in [0.5, 0.6) is 0 Å². The zero-order valence-corrected chi connectivity index (χ0v) is 10.9. The molecule has 1 atom stereocenters. The minimum absolute atomic E-state index is 0.00337. The molecule has 0 bridgehead atoms. The van der Waals surface area contributed by atoms with Gasteiger partial charge >= 0.3 is 0 Å². The summed E-state index contributed by atoms with van der Waals surface area (Å²) >= 11 is 0. The standard InChI is InChI=1S/C14H18N2O3/c1-10(18)11-3-5-12(6-4-11)16-8-2-7-15-13(9-17)14(16)19/h3-6,13,15,17H,2,7-9H2,1H3. The zero-order valence-electron chi connectivity index (χ0n) is 10.9. The van der Waals surface area contributed by atoms with Crippen LogP contribution in [0.1, 0.15) is 23.7 Å². The molecule has 19 heavy (non-hydrogen) atoms. The van der Waals surface area contributed by atoms with Crippen molar-refractivity contribution in [3.8, 4) is 0 Å². The van der Waals surface area contributed by atoms with Gasteiger partial charge in [0.1, 0.15) is 6.04 Å². The van der Waals surface area contributed by atoms with E-state index in [-0.39, 0.29) is 18.3 Å². The summed E-state index contributed by atoms with van der Waals surface area (Å²) in [5.41, 5.74) is 1.39. The summed E-state index contributed by atoms with van der Waals surface area (Å²) in [6.45, 7) is 2.62. The van der Waals surface area contributed by atoms with Crippen LogP contribution in [0.4, 0.5) is 5.69 Å². The smallest absolute Gasteiger partial charge is 0.246 e. The summed E-state index contributed by atoms with van der Waals surface area (Å²) in [7, 11) is 0. The monoisotopic (exact) mass is 262 g/mol. The summed E-state index contributed by atoms with van der Waals surface area (Å²) in [5.74, 6) is -0.126. The summed E-state index contributed by atoms with van der Waals surface area (Å²) in [6, 6.07) is 6.44. The average Bonchev–Trinajstić information content (AvgIpc) is 2.60. The maximum Gasteiger partial charge on any atom is 0.246 e. The fourth-order valence-corrected chi connectivity index (χ4v) is 2.17. The SMILES string of the molecule is CC(=O)c1ccc(N2CCCNC(CO)C2=O)cc1. The van der Waals surface area contributed by atoms with Gasteiger partial charge in [0.15, 0.2) is 5.78 Å². The molecule has 0 aromatic heterocycles. The molecule has 0 spiro atoms. The highest BCUT2D eigenvalue weighted by Gasteiger charge is 2.26. The van der Waals surface area contributed by atoms with Gasteiger partial charge in [0.2, 0.25) is 5.91 Å². The highest BCUT2D eigenvalue weighted by Crippen LogP contribution is 2.18. The number of amides is 1. The van der Waals surface area contributed by atoms with E-state index in [0.29, 0.717) is 18.7 Å². The topological polar surface area (TPSA) is 69.6 Å². The number of nitrogens with zero attached hydrogens (tertiary/aromatic N) is 1. The summed E-state index contributed by atoms with van der Waals surface area (Å²) < 4.78 is 0. The fourth-order valence-electron chi connectivity index (χ4n) is 2.17. The number of carbonyl (C=O) groups excluding carboxylic acids is 2. The Hall–Kier alpha value is -1.72. The molecule has 0 radical (unpaired) electrons. The zero-order chi connectivity index (χ0) is 13.8. The van der Waals surface area contributed by atoms with E-state index in [1.165, 1.54) is 6.92 Å². The number of aliphatic hydroxyl groups is 1. The third kappa shape index (κ3) is 3.00. The maximum absolute atomic E-state index is 12.2. The van der Waals surface area contributed by atoms with Crippen molar-refractivity contribution in [3.63, 3.8) is 0 Å². The molecule has 1 aliphatic heterocycles. The minimum Gasteiger partial charge on any atom is -0.394 e. The Labute approximate surface area is 112 Å². The second-order valence-corrected chi connectivity index (χ2v) is 4.64. The van der Waals surface area contributed by atoms with Crippen LogP contribution in [0.3, 0.4) is 0 Å². The van der Waals surface area contributed by atoms with Crippen LogP contribution < -0.4 is 10.2 Å². The summed E-state index contributed by atoms with van der Waals surface area (Å²) in [5, 5.41) is 12.2. The molecule has 5 heteroatoms. The van der Waals surface area contributed by atoms with Crippen molar-refractivity contribution in [2.45, 2.75) is 19.4 Å². The summed E-state index contributed by atoms with van der Waals surface area (Å²) in [6.07, 6.45) is 0.830. The number of aliphatic hydroxyl groups excluding tert-OH is 1. The molecule has 1 heterocycles. The number of benzene rings is 1. The molecule has 2 N–H and O–H groups in total. The number of nitrogens with one attached hydrogen (secondary N) is 1. The highest BCUT2D eigenvalue weighted by molar-refractivity contribution is 5.98. The molecule has 5 nitrogen and oxygen atoms in total. The highest BCUT2D eigenvalue weighted by atomic mass is 16.3. The lowest BCUT2D eigenvalue weighted by molar-refractivity contribution is -0.121. The Morgan fingerprint density at radius 1 is 1.42 bits per heavy atom. The Balaban J connectivity index is 2.23. The van der Waals surface area contributed by atoms with E-state index in [0.717, 1.165) is 12.1 Å².